The van der Waals surface area contributed by atoms with Gasteiger partial charge in [-0.15, -0.1) is 0 Å². The van der Waals surface area contributed by atoms with Crippen LogP contribution in [0.4, 0.5) is 30.6 Å². The maximum absolute atomic E-state index is 13.7. The van der Waals surface area contributed by atoms with E-state index in [1.165, 1.54) is 29.3 Å². The zero-order valence-electron chi connectivity index (χ0n) is 13.8. The van der Waals surface area contributed by atoms with E-state index in [0.717, 1.165) is 0 Å². The Balaban J connectivity index is 1.67. The summed E-state index contributed by atoms with van der Waals surface area (Å²) in [5, 5.41) is 9.56. The third-order valence-electron chi connectivity index (χ3n) is 3.41. The van der Waals surface area contributed by atoms with E-state index < -0.39 is 23.4 Å². The summed E-state index contributed by atoms with van der Waals surface area (Å²) in [5.41, 5.74) is 5.30. The van der Waals surface area contributed by atoms with Crippen molar-refractivity contribution in [1.29, 1.82) is 0 Å². The highest BCUT2D eigenvalue weighted by atomic mass is 19.1. The van der Waals surface area contributed by atoms with Gasteiger partial charge < -0.3 is 16.4 Å². The fraction of sp³-hybridized carbons (Fsp3) is 0.125. The molecule has 0 aliphatic carbocycles. The van der Waals surface area contributed by atoms with Crippen LogP contribution in [0.2, 0.25) is 0 Å². The molecule has 0 bridgehead atoms. The van der Waals surface area contributed by atoms with Crippen molar-refractivity contribution in [3.8, 4) is 0 Å². The Morgan fingerprint density at radius 2 is 1.96 bits per heavy atom. The van der Waals surface area contributed by atoms with Crippen LogP contribution in [0.1, 0.15) is 5.56 Å². The fourth-order valence-corrected chi connectivity index (χ4v) is 2.24. The summed E-state index contributed by atoms with van der Waals surface area (Å²) in [4.78, 5) is 19.0. The summed E-state index contributed by atoms with van der Waals surface area (Å²) in [7, 11) is 0. The molecule has 1 aromatic carbocycles. The number of halogens is 3. The molecule has 140 valence electrons. The SMILES string of the molecule is NC(=O)Cn1cc(Nc2nccc(NCc3c(F)cc(F)cc3F)n2)cn1. The Bertz CT molecular complexity index is 953. The van der Waals surface area contributed by atoms with Crippen LogP contribution in [0.15, 0.2) is 36.8 Å². The van der Waals surface area contributed by atoms with E-state index in [1.807, 2.05) is 0 Å². The minimum absolute atomic E-state index is 0.0705. The molecule has 0 spiro atoms. The Morgan fingerprint density at radius 1 is 1.22 bits per heavy atom. The molecule has 0 saturated carbocycles. The van der Waals surface area contributed by atoms with Crippen LogP contribution in [-0.2, 0) is 17.9 Å². The average Bonchev–Trinajstić information content (AvgIpc) is 3.00. The smallest absolute Gasteiger partial charge is 0.239 e. The van der Waals surface area contributed by atoms with E-state index in [1.54, 1.807) is 0 Å². The highest BCUT2D eigenvalue weighted by Gasteiger charge is 2.12. The first-order chi connectivity index (χ1) is 12.9. The normalized spacial score (nSPS) is 10.6. The number of aromatic nitrogens is 4. The third kappa shape index (κ3) is 4.71. The van der Waals surface area contributed by atoms with Crippen molar-refractivity contribution in [2.75, 3.05) is 10.6 Å². The molecule has 8 nitrogen and oxygen atoms in total. The lowest BCUT2D eigenvalue weighted by molar-refractivity contribution is -0.118. The number of benzene rings is 1. The lowest BCUT2D eigenvalue weighted by atomic mass is 10.2. The number of nitrogens with two attached hydrogens (primary N) is 1. The van der Waals surface area contributed by atoms with Crippen molar-refractivity contribution in [3.05, 3.63) is 59.8 Å². The summed E-state index contributed by atoms with van der Waals surface area (Å²) >= 11 is 0. The van der Waals surface area contributed by atoms with Crippen molar-refractivity contribution in [1.82, 2.24) is 19.7 Å². The molecular formula is C16H14F3N7O. The zero-order chi connectivity index (χ0) is 19.4. The minimum atomic E-state index is -0.991. The van der Waals surface area contributed by atoms with E-state index in [9.17, 15) is 18.0 Å². The molecule has 0 atom stereocenters. The topological polar surface area (TPSA) is 111 Å². The summed E-state index contributed by atoms with van der Waals surface area (Å²) in [6.07, 6.45) is 4.43. The van der Waals surface area contributed by atoms with Crippen LogP contribution in [0, 0.1) is 17.5 Å². The van der Waals surface area contributed by atoms with E-state index in [0.29, 0.717) is 23.6 Å². The Morgan fingerprint density at radius 3 is 2.67 bits per heavy atom. The molecule has 2 aromatic heterocycles. The lowest BCUT2D eigenvalue weighted by Gasteiger charge is -2.09. The maximum Gasteiger partial charge on any atom is 0.239 e. The summed E-state index contributed by atoms with van der Waals surface area (Å²) < 4.78 is 41.6. The number of carbonyl (C=O) groups excluding carboxylic acids is 1. The van der Waals surface area contributed by atoms with Crippen LogP contribution in [0.25, 0.3) is 0 Å². The predicted molar refractivity (Wildman–Crippen MR) is 90.4 cm³/mol. The van der Waals surface area contributed by atoms with Crippen molar-refractivity contribution in [3.63, 3.8) is 0 Å². The largest absolute Gasteiger partial charge is 0.368 e. The van der Waals surface area contributed by atoms with Crippen molar-refractivity contribution >= 4 is 23.4 Å². The maximum atomic E-state index is 13.7. The third-order valence-corrected chi connectivity index (χ3v) is 3.41. The number of hydrogen-bond acceptors (Lipinski definition) is 6. The molecule has 3 rings (SSSR count). The second-order valence-electron chi connectivity index (χ2n) is 5.48. The van der Waals surface area contributed by atoms with Crippen LogP contribution < -0.4 is 16.4 Å². The lowest BCUT2D eigenvalue weighted by Crippen LogP contribution is -2.18. The van der Waals surface area contributed by atoms with Gasteiger partial charge in [-0.1, -0.05) is 0 Å². The molecule has 0 unspecified atom stereocenters. The molecule has 27 heavy (non-hydrogen) atoms. The summed E-state index contributed by atoms with van der Waals surface area (Å²) in [6, 6.07) is 2.72. The number of nitrogens with zero attached hydrogens (tertiary/aromatic N) is 4. The van der Waals surface area contributed by atoms with Crippen LogP contribution in [0.5, 0.6) is 0 Å². The Hall–Kier alpha value is -3.63. The zero-order valence-corrected chi connectivity index (χ0v) is 13.8. The van der Waals surface area contributed by atoms with Gasteiger partial charge in [-0.2, -0.15) is 10.1 Å². The van der Waals surface area contributed by atoms with Gasteiger partial charge in [0, 0.05) is 36.6 Å². The van der Waals surface area contributed by atoms with Crippen molar-refractivity contribution in [2.45, 2.75) is 13.1 Å². The molecule has 1 amide bonds. The standard InChI is InChI=1S/C16H14F3N7O/c17-9-3-12(18)11(13(19)4-9)6-22-15-1-2-21-16(25-15)24-10-5-23-26(7-10)8-14(20)27/h1-5,7H,6,8H2,(H2,20,27)(H2,21,22,24,25). The highest BCUT2D eigenvalue weighted by Crippen LogP contribution is 2.17. The van der Waals surface area contributed by atoms with Crippen LogP contribution >= 0.6 is 0 Å². The first kappa shape index (κ1) is 18.2. The quantitative estimate of drug-likeness (QED) is 0.580. The molecule has 0 radical (unpaired) electrons. The molecule has 2 heterocycles. The number of primary amides is 1. The van der Waals surface area contributed by atoms with Crippen molar-refractivity contribution in [2.24, 2.45) is 5.73 Å². The summed E-state index contributed by atoms with van der Waals surface area (Å²) in [6.45, 7) is -0.302. The van der Waals surface area contributed by atoms with Gasteiger partial charge in [0.1, 0.15) is 29.8 Å². The van der Waals surface area contributed by atoms with E-state index in [4.69, 9.17) is 5.73 Å². The van der Waals surface area contributed by atoms with Crippen LogP contribution in [-0.4, -0.2) is 25.7 Å². The molecule has 3 aromatic rings. The number of nitrogens with one attached hydrogen (secondary N) is 2. The molecule has 0 saturated heterocycles. The highest BCUT2D eigenvalue weighted by molar-refractivity contribution is 5.73. The second-order valence-corrected chi connectivity index (χ2v) is 5.48. The van der Waals surface area contributed by atoms with Gasteiger partial charge in [0.2, 0.25) is 11.9 Å². The molecule has 0 aliphatic rings. The molecular weight excluding hydrogens is 363 g/mol. The van der Waals surface area contributed by atoms with Gasteiger partial charge in [-0.3, -0.25) is 9.48 Å². The van der Waals surface area contributed by atoms with E-state index >= 15 is 0 Å². The number of carbonyl (C=O) groups is 1. The minimum Gasteiger partial charge on any atom is -0.368 e. The molecule has 0 aliphatic heterocycles. The van der Waals surface area contributed by atoms with Gasteiger partial charge in [-0.05, 0) is 6.07 Å². The van der Waals surface area contributed by atoms with Gasteiger partial charge >= 0.3 is 0 Å². The predicted octanol–water partition coefficient (Wildman–Crippen LogP) is 1.93. The summed E-state index contributed by atoms with van der Waals surface area (Å²) in [5.74, 6) is -3.02. The van der Waals surface area contributed by atoms with Gasteiger partial charge in [-0.25, -0.2) is 18.2 Å². The number of hydrogen-bond donors (Lipinski definition) is 3. The first-order valence-corrected chi connectivity index (χ1v) is 7.69. The average molecular weight is 377 g/mol. The van der Waals surface area contributed by atoms with Crippen molar-refractivity contribution < 1.29 is 18.0 Å². The monoisotopic (exact) mass is 377 g/mol. The van der Waals surface area contributed by atoms with Gasteiger partial charge in [0.15, 0.2) is 0 Å². The van der Waals surface area contributed by atoms with Gasteiger partial charge in [0.05, 0.1) is 11.9 Å². The van der Waals surface area contributed by atoms with Gasteiger partial charge in [0.25, 0.3) is 0 Å². The second kappa shape index (κ2) is 7.72. The Labute approximate surface area is 151 Å². The van der Waals surface area contributed by atoms with Crippen LogP contribution in [0.3, 0.4) is 0 Å². The van der Waals surface area contributed by atoms with E-state index in [2.05, 4.69) is 25.7 Å². The molecule has 0 fully saturated rings. The Kier molecular flexibility index (Phi) is 5.20. The fourth-order valence-electron chi connectivity index (χ4n) is 2.24. The van der Waals surface area contributed by atoms with E-state index in [-0.39, 0.29) is 24.6 Å². The number of anilines is 3. The number of rotatable bonds is 7. The first-order valence-electron chi connectivity index (χ1n) is 7.69. The molecule has 11 heteroatoms. The number of amides is 1. The molecule has 4 N–H and O–H groups in total.